The van der Waals surface area contributed by atoms with Gasteiger partial charge < -0.3 is 9.47 Å². The number of benzene rings is 2. The zero-order chi connectivity index (χ0) is 18.0. The maximum absolute atomic E-state index is 12.7. The molecule has 2 aromatic carbocycles. The third-order valence-corrected chi connectivity index (χ3v) is 4.43. The molecule has 0 heterocycles. The van der Waals surface area contributed by atoms with Crippen LogP contribution in [-0.2, 0) is 9.59 Å². The van der Waals surface area contributed by atoms with Crippen molar-refractivity contribution in [2.24, 2.45) is 11.3 Å². The monoisotopic (exact) mass is 336 g/mol. The summed E-state index contributed by atoms with van der Waals surface area (Å²) in [7, 11) is 0. The molecule has 0 N–H and O–H groups in total. The minimum Gasteiger partial charge on any atom is -0.426 e. The van der Waals surface area contributed by atoms with E-state index >= 15 is 0 Å². The Balaban J connectivity index is 1.80. The van der Waals surface area contributed by atoms with Gasteiger partial charge in [0.25, 0.3) is 0 Å². The highest BCUT2D eigenvalue weighted by Crippen LogP contribution is 2.55. The average Bonchev–Trinajstić information content (AvgIpc) is 3.31. The summed E-state index contributed by atoms with van der Waals surface area (Å²) in [6, 6.07) is 14.3. The molecule has 1 unspecified atom stereocenters. The summed E-state index contributed by atoms with van der Waals surface area (Å²) in [5.41, 5.74) is 0.630. The van der Waals surface area contributed by atoms with Crippen molar-refractivity contribution >= 4 is 11.9 Å². The molecule has 0 spiro atoms. The number of aryl methyl sites for hydroxylation is 2. The molecule has 2 aromatic rings. The van der Waals surface area contributed by atoms with Crippen LogP contribution in [0.2, 0.25) is 0 Å². The standard InChI is InChI=1S/C21H20O4/c1-4-16-13-21(16,19(22)24-17-9-5-7-14(2)11-17)20(23)25-18-10-6-8-15(3)12-18/h4-12,16H,1,13H2,2-3H3. The van der Waals surface area contributed by atoms with Crippen LogP contribution >= 0.6 is 0 Å². The van der Waals surface area contributed by atoms with Crippen LogP contribution in [0.5, 0.6) is 11.5 Å². The molecule has 4 heteroatoms. The van der Waals surface area contributed by atoms with Crippen LogP contribution in [-0.4, -0.2) is 11.9 Å². The molecule has 1 saturated carbocycles. The Kier molecular flexibility index (Phi) is 4.45. The minimum absolute atomic E-state index is 0.276. The quantitative estimate of drug-likeness (QED) is 0.358. The van der Waals surface area contributed by atoms with E-state index in [0.29, 0.717) is 17.9 Å². The van der Waals surface area contributed by atoms with Crippen molar-refractivity contribution in [1.29, 1.82) is 0 Å². The van der Waals surface area contributed by atoms with E-state index in [1.807, 2.05) is 26.0 Å². The van der Waals surface area contributed by atoms with Crippen LogP contribution in [0, 0.1) is 25.2 Å². The summed E-state index contributed by atoms with van der Waals surface area (Å²) in [5.74, 6) is -0.631. The minimum atomic E-state index is -1.31. The van der Waals surface area contributed by atoms with E-state index in [0.717, 1.165) is 11.1 Å². The Bertz CT molecular complexity index is 778. The summed E-state index contributed by atoms with van der Waals surface area (Å²) in [6.07, 6.45) is 1.96. The largest absolute Gasteiger partial charge is 0.426 e. The highest BCUT2D eigenvalue weighted by Gasteiger charge is 2.67. The molecule has 0 aliphatic heterocycles. The second-order valence-electron chi connectivity index (χ2n) is 6.43. The van der Waals surface area contributed by atoms with Gasteiger partial charge in [-0.3, -0.25) is 9.59 Å². The van der Waals surface area contributed by atoms with Gasteiger partial charge in [-0.25, -0.2) is 0 Å². The van der Waals surface area contributed by atoms with Crippen molar-refractivity contribution in [3.05, 3.63) is 72.3 Å². The van der Waals surface area contributed by atoms with Crippen molar-refractivity contribution in [3.8, 4) is 11.5 Å². The van der Waals surface area contributed by atoms with Gasteiger partial charge in [0, 0.05) is 5.92 Å². The Morgan fingerprint density at radius 1 is 1.00 bits per heavy atom. The van der Waals surface area contributed by atoms with Crippen LogP contribution in [0.4, 0.5) is 0 Å². The van der Waals surface area contributed by atoms with Gasteiger partial charge in [-0.1, -0.05) is 30.3 Å². The maximum Gasteiger partial charge on any atom is 0.329 e. The lowest BCUT2D eigenvalue weighted by atomic mass is 10.0. The lowest BCUT2D eigenvalue weighted by molar-refractivity contribution is -0.154. The summed E-state index contributed by atoms with van der Waals surface area (Å²) in [5, 5.41) is 0. The van der Waals surface area contributed by atoms with Crippen molar-refractivity contribution in [2.45, 2.75) is 20.3 Å². The number of ether oxygens (including phenoxy) is 2. The molecule has 1 aliphatic rings. The molecular weight excluding hydrogens is 316 g/mol. The number of carbonyl (C=O) groups is 2. The number of hydrogen-bond donors (Lipinski definition) is 0. The molecule has 1 atom stereocenters. The molecule has 0 bridgehead atoms. The molecule has 0 radical (unpaired) electrons. The van der Waals surface area contributed by atoms with Gasteiger partial charge in [-0.05, 0) is 55.7 Å². The average molecular weight is 336 g/mol. The van der Waals surface area contributed by atoms with Crippen molar-refractivity contribution in [3.63, 3.8) is 0 Å². The molecule has 0 saturated heterocycles. The number of rotatable bonds is 5. The van der Waals surface area contributed by atoms with Gasteiger partial charge in [0.15, 0.2) is 5.41 Å². The second-order valence-corrected chi connectivity index (χ2v) is 6.43. The van der Waals surface area contributed by atoms with Gasteiger partial charge in [0.05, 0.1) is 0 Å². The lowest BCUT2D eigenvalue weighted by Gasteiger charge is -2.15. The normalized spacial score (nSPS) is 17.4. The maximum atomic E-state index is 12.7. The van der Waals surface area contributed by atoms with Gasteiger partial charge in [-0.2, -0.15) is 0 Å². The smallest absolute Gasteiger partial charge is 0.329 e. The topological polar surface area (TPSA) is 52.6 Å². The highest BCUT2D eigenvalue weighted by atomic mass is 16.6. The highest BCUT2D eigenvalue weighted by molar-refractivity contribution is 6.05. The van der Waals surface area contributed by atoms with E-state index in [-0.39, 0.29) is 5.92 Å². The van der Waals surface area contributed by atoms with E-state index in [1.54, 1.807) is 42.5 Å². The van der Waals surface area contributed by atoms with Crippen LogP contribution < -0.4 is 9.47 Å². The van der Waals surface area contributed by atoms with Crippen LogP contribution in [0.25, 0.3) is 0 Å². The van der Waals surface area contributed by atoms with E-state index < -0.39 is 17.4 Å². The number of carbonyl (C=O) groups excluding carboxylic acids is 2. The first-order valence-corrected chi connectivity index (χ1v) is 8.16. The van der Waals surface area contributed by atoms with Crippen molar-refractivity contribution < 1.29 is 19.1 Å². The first-order valence-electron chi connectivity index (χ1n) is 8.16. The first-order chi connectivity index (χ1) is 12.0. The summed E-state index contributed by atoms with van der Waals surface area (Å²) in [6.45, 7) is 7.52. The molecule has 1 aliphatic carbocycles. The zero-order valence-corrected chi connectivity index (χ0v) is 14.3. The lowest BCUT2D eigenvalue weighted by Crippen LogP contribution is -2.35. The van der Waals surface area contributed by atoms with E-state index in [4.69, 9.17) is 9.47 Å². The van der Waals surface area contributed by atoms with Crippen LogP contribution in [0.15, 0.2) is 61.2 Å². The van der Waals surface area contributed by atoms with E-state index in [9.17, 15) is 9.59 Å². The Labute approximate surface area is 147 Å². The molecule has 0 aromatic heterocycles. The molecular formula is C21H20O4. The number of allylic oxidation sites excluding steroid dienone is 1. The SMILES string of the molecule is C=CC1CC1(C(=O)Oc1cccc(C)c1)C(=O)Oc1cccc(C)c1. The Morgan fingerprint density at radius 2 is 1.48 bits per heavy atom. The molecule has 3 rings (SSSR count). The third-order valence-electron chi connectivity index (χ3n) is 4.43. The number of esters is 2. The molecule has 128 valence electrons. The molecule has 0 amide bonds. The third kappa shape index (κ3) is 3.33. The summed E-state index contributed by atoms with van der Waals surface area (Å²) >= 11 is 0. The summed E-state index contributed by atoms with van der Waals surface area (Å²) < 4.78 is 10.9. The van der Waals surface area contributed by atoms with Crippen LogP contribution in [0.1, 0.15) is 17.5 Å². The Morgan fingerprint density at radius 3 is 1.84 bits per heavy atom. The van der Waals surface area contributed by atoms with Gasteiger partial charge in [0.1, 0.15) is 11.5 Å². The molecule has 1 fully saturated rings. The second kappa shape index (κ2) is 6.55. The fraction of sp³-hybridized carbons (Fsp3) is 0.238. The summed E-state index contributed by atoms with van der Waals surface area (Å²) in [4.78, 5) is 25.4. The van der Waals surface area contributed by atoms with E-state index in [1.165, 1.54) is 0 Å². The molecule has 25 heavy (non-hydrogen) atoms. The van der Waals surface area contributed by atoms with Gasteiger partial charge >= 0.3 is 11.9 Å². The fourth-order valence-corrected chi connectivity index (χ4v) is 2.88. The molecule has 4 nitrogen and oxygen atoms in total. The predicted octanol–water partition coefficient (Wildman–Crippen LogP) is 4.01. The zero-order valence-electron chi connectivity index (χ0n) is 14.3. The van der Waals surface area contributed by atoms with Crippen LogP contribution in [0.3, 0.4) is 0 Å². The van der Waals surface area contributed by atoms with E-state index in [2.05, 4.69) is 6.58 Å². The Hall–Kier alpha value is -2.88. The van der Waals surface area contributed by atoms with Gasteiger partial charge in [-0.15, -0.1) is 6.58 Å². The predicted molar refractivity (Wildman–Crippen MR) is 94.4 cm³/mol. The van der Waals surface area contributed by atoms with Gasteiger partial charge in [0.2, 0.25) is 0 Å². The van der Waals surface area contributed by atoms with Crippen molar-refractivity contribution in [1.82, 2.24) is 0 Å². The van der Waals surface area contributed by atoms with Crippen molar-refractivity contribution in [2.75, 3.05) is 0 Å². The number of hydrogen-bond acceptors (Lipinski definition) is 4. The first kappa shape index (κ1) is 17.0. The fourth-order valence-electron chi connectivity index (χ4n) is 2.88.